The summed E-state index contributed by atoms with van der Waals surface area (Å²) in [6.07, 6.45) is 5.37. The molecule has 0 saturated carbocycles. The molecule has 1 amide bonds. The maximum absolute atomic E-state index is 12.1. The average molecular weight is 362 g/mol. The first-order chi connectivity index (χ1) is 13.0. The summed E-state index contributed by atoms with van der Waals surface area (Å²) in [5, 5.41) is 9.08. The number of nitrogens with zero attached hydrogens (tertiary/aromatic N) is 1. The fraction of sp³-hybridized carbons (Fsp3) is 0.273. The predicted octanol–water partition coefficient (Wildman–Crippen LogP) is 2.88. The van der Waals surface area contributed by atoms with Gasteiger partial charge in [-0.2, -0.15) is 0 Å². The van der Waals surface area contributed by atoms with Crippen molar-refractivity contribution < 1.29 is 4.79 Å². The van der Waals surface area contributed by atoms with E-state index in [1.165, 1.54) is 11.1 Å². The van der Waals surface area contributed by atoms with Gasteiger partial charge >= 0.3 is 0 Å². The Morgan fingerprint density at radius 2 is 1.93 bits per heavy atom. The van der Waals surface area contributed by atoms with Crippen LogP contribution in [0.2, 0.25) is 0 Å². The molecular formula is C22H26N4O. The molecule has 5 heteroatoms. The highest BCUT2D eigenvalue weighted by molar-refractivity contribution is 5.95. The lowest BCUT2D eigenvalue weighted by Gasteiger charge is -2.16. The van der Waals surface area contributed by atoms with E-state index in [0.717, 1.165) is 5.56 Å². The van der Waals surface area contributed by atoms with Gasteiger partial charge in [0.2, 0.25) is 5.91 Å². The second-order valence-corrected chi connectivity index (χ2v) is 6.39. The van der Waals surface area contributed by atoms with Crippen LogP contribution in [0.15, 0.2) is 53.5 Å². The van der Waals surface area contributed by atoms with Crippen LogP contribution in [0.3, 0.4) is 0 Å². The van der Waals surface area contributed by atoms with Crippen molar-refractivity contribution in [2.24, 2.45) is 4.99 Å². The summed E-state index contributed by atoms with van der Waals surface area (Å²) in [7, 11) is 1.68. The summed E-state index contributed by atoms with van der Waals surface area (Å²) in [5.74, 6) is 3.29. The minimum absolute atomic E-state index is 0.110. The predicted molar refractivity (Wildman–Crippen MR) is 112 cm³/mol. The van der Waals surface area contributed by atoms with Crippen LogP contribution in [0.1, 0.15) is 29.5 Å². The fourth-order valence-corrected chi connectivity index (χ4v) is 2.54. The Bertz CT molecular complexity index is 834. The first-order valence-electron chi connectivity index (χ1n) is 8.89. The number of rotatable bonds is 6. The monoisotopic (exact) mass is 362 g/mol. The molecule has 27 heavy (non-hydrogen) atoms. The molecule has 0 spiro atoms. The Morgan fingerprint density at radius 1 is 1.19 bits per heavy atom. The van der Waals surface area contributed by atoms with E-state index in [1.54, 1.807) is 19.2 Å². The minimum atomic E-state index is -0.168. The van der Waals surface area contributed by atoms with Gasteiger partial charge in [-0.25, -0.2) is 0 Å². The van der Waals surface area contributed by atoms with Crippen molar-refractivity contribution in [1.82, 2.24) is 10.6 Å². The van der Waals surface area contributed by atoms with Crippen LogP contribution in [0.25, 0.3) is 0 Å². The van der Waals surface area contributed by atoms with Gasteiger partial charge in [-0.15, -0.1) is 6.42 Å². The molecule has 5 nitrogen and oxygen atoms in total. The van der Waals surface area contributed by atoms with Crippen LogP contribution in [-0.2, 0) is 4.79 Å². The molecule has 0 aliphatic carbocycles. The molecule has 0 aliphatic rings. The number of nitrogens with one attached hydrogen (secondary N) is 3. The molecule has 2 aromatic rings. The first-order valence-corrected chi connectivity index (χ1v) is 8.89. The Kier molecular flexibility index (Phi) is 7.45. The van der Waals surface area contributed by atoms with Gasteiger partial charge < -0.3 is 16.0 Å². The minimum Gasteiger partial charge on any atom is -0.356 e. The van der Waals surface area contributed by atoms with Gasteiger partial charge in [-0.1, -0.05) is 48.7 Å². The molecule has 0 fully saturated rings. The molecule has 0 radical (unpaired) electrons. The number of hydrogen-bond acceptors (Lipinski definition) is 2. The zero-order valence-electron chi connectivity index (χ0n) is 16.0. The number of terminal acetylenes is 1. The molecular weight excluding hydrogens is 336 g/mol. The second kappa shape index (κ2) is 10.0. The van der Waals surface area contributed by atoms with Gasteiger partial charge in [0.1, 0.15) is 0 Å². The number of guanidine groups is 1. The highest BCUT2D eigenvalue weighted by Gasteiger charge is 2.08. The third-order valence-electron chi connectivity index (χ3n) is 4.18. The van der Waals surface area contributed by atoms with Crippen molar-refractivity contribution in [2.75, 3.05) is 25.5 Å². The van der Waals surface area contributed by atoms with Crippen LogP contribution in [0.5, 0.6) is 0 Å². The van der Waals surface area contributed by atoms with Crippen molar-refractivity contribution in [3.63, 3.8) is 0 Å². The molecule has 0 bridgehead atoms. The normalized spacial score (nSPS) is 12.0. The highest BCUT2D eigenvalue weighted by Crippen LogP contribution is 2.14. The van der Waals surface area contributed by atoms with Crippen molar-refractivity contribution in [3.8, 4) is 12.3 Å². The standard InChI is InChI=1S/C22H26N4O/c1-5-18-7-6-8-20(13-18)26-21(27)15-25-22(23-4)24-14-17(3)19-11-9-16(2)10-12-19/h1,6-13,17H,14-15H2,2-4H3,(H,26,27)(H2,23,24,25). The number of anilines is 1. The second-order valence-electron chi connectivity index (χ2n) is 6.39. The Morgan fingerprint density at radius 3 is 2.59 bits per heavy atom. The molecule has 2 aromatic carbocycles. The van der Waals surface area contributed by atoms with Crippen LogP contribution in [-0.4, -0.2) is 32.0 Å². The van der Waals surface area contributed by atoms with Crippen molar-refractivity contribution in [2.45, 2.75) is 19.8 Å². The maximum Gasteiger partial charge on any atom is 0.243 e. The Labute approximate surface area is 161 Å². The summed E-state index contributed by atoms with van der Waals surface area (Å²) in [6.45, 7) is 5.05. The number of carbonyl (C=O) groups is 1. The van der Waals surface area contributed by atoms with E-state index in [1.807, 2.05) is 12.1 Å². The SMILES string of the molecule is C#Cc1cccc(NC(=O)CNC(=NC)NCC(C)c2ccc(C)cc2)c1. The first kappa shape index (κ1) is 20.1. The maximum atomic E-state index is 12.1. The lowest BCUT2D eigenvalue weighted by Crippen LogP contribution is -2.42. The third kappa shape index (κ3) is 6.52. The molecule has 0 saturated heterocycles. The van der Waals surface area contributed by atoms with Gasteiger partial charge in [-0.3, -0.25) is 9.79 Å². The molecule has 3 N–H and O–H groups in total. The Balaban J connectivity index is 1.80. The van der Waals surface area contributed by atoms with E-state index in [2.05, 4.69) is 65.0 Å². The van der Waals surface area contributed by atoms with Crippen LogP contribution < -0.4 is 16.0 Å². The van der Waals surface area contributed by atoms with Gasteiger partial charge in [0.25, 0.3) is 0 Å². The van der Waals surface area contributed by atoms with Gasteiger partial charge in [0.15, 0.2) is 5.96 Å². The van der Waals surface area contributed by atoms with E-state index in [4.69, 9.17) is 6.42 Å². The quantitative estimate of drug-likeness (QED) is 0.421. The van der Waals surface area contributed by atoms with Gasteiger partial charge in [0.05, 0.1) is 6.54 Å². The van der Waals surface area contributed by atoms with E-state index < -0.39 is 0 Å². The molecule has 0 aliphatic heterocycles. The molecule has 140 valence electrons. The number of amides is 1. The van der Waals surface area contributed by atoms with Crippen molar-refractivity contribution in [3.05, 3.63) is 65.2 Å². The summed E-state index contributed by atoms with van der Waals surface area (Å²) >= 11 is 0. The smallest absolute Gasteiger partial charge is 0.243 e. The summed E-state index contributed by atoms with van der Waals surface area (Å²) in [4.78, 5) is 16.3. The summed E-state index contributed by atoms with van der Waals surface area (Å²) in [6, 6.07) is 15.7. The van der Waals surface area contributed by atoms with Gasteiger partial charge in [-0.05, 0) is 36.6 Å². The number of carbonyl (C=O) groups excluding carboxylic acids is 1. The summed E-state index contributed by atoms with van der Waals surface area (Å²) < 4.78 is 0. The van der Waals surface area contributed by atoms with E-state index in [9.17, 15) is 4.79 Å². The fourth-order valence-electron chi connectivity index (χ4n) is 2.54. The van der Waals surface area contributed by atoms with Gasteiger partial charge in [0, 0.05) is 24.8 Å². The Hall–Kier alpha value is -3.26. The lowest BCUT2D eigenvalue weighted by molar-refractivity contribution is -0.115. The highest BCUT2D eigenvalue weighted by atomic mass is 16.1. The molecule has 1 unspecified atom stereocenters. The topological polar surface area (TPSA) is 65.5 Å². The third-order valence-corrected chi connectivity index (χ3v) is 4.18. The van der Waals surface area contributed by atoms with E-state index in [0.29, 0.717) is 24.1 Å². The molecule has 2 rings (SSSR count). The molecule has 0 aromatic heterocycles. The molecule has 1 atom stereocenters. The number of hydrogen-bond donors (Lipinski definition) is 3. The van der Waals surface area contributed by atoms with Crippen LogP contribution in [0.4, 0.5) is 5.69 Å². The zero-order valence-corrected chi connectivity index (χ0v) is 16.0. The number of aliphatic imine (C=N–C) groups is 1. The lowest BCUT2D eigenvalue weighted by atomic mass is 10.0. The average Bonchev–Trinajstić information content (AvgIpc) is 2.68. The van der Waals surface area contributed by atoms with Crippen LogP contribution in [0, 0.1) is 19.3 Å². The van der Waals surface area contributed by atoms with E-state index in [-0.39, 0.29) is 12.5 Å². The number of aryl methyl sites for hydroxylation is 1. The number of benzene rings is 2. The van der Waals surface area contributed by atoms with Crippen LogP contribution >= 0.6 is 0 Å². The zero-order chi connectivity index (χ0) is 19.6. The van der Waals surface area contributed by atoms with E-state index >= 15 is 0 Å². The molecule has 0 heterocycles. The van der Waals surface area contributed by atoms with Crippen molar-refractivity contribution in [1.29, 1.82) is 0 Å². The summed E-state index contributed by atoms with van der Waals surface area (Å²) in [5.41, 5.74) is 3.90. The van der Waals surface area contributed by atoms with Crippen molar-refractivity contribution >= 4 is 17.6 Å². The largest absolute Gasteiger partial charge is 0.356 e.